The highest BCUT2D eigenvalue weighted by Crippen LogP contribution is 2.06. The molecule has 0 saturated carbocycles. The third-order valence-corrected chi connectivity index (χ3v) is 1.44. The predicted octanol–water partition coefficient (Wildman–Crippen LogP) is 2.11. The Bertz CT molecular complexity index is 180. The van der Waals surface area contributed by atoms with Gasteiger partial charge in [-0.2, -0.15) is 0 Å². The summed E-state index contributed by atoms with van der Waals surface area (Å²) in [5.41, 5.74) is 1.03. The lowest BCUT2D eigenvalue weighted by molar-refractivity contribution is -0.112. The normalized spacial score (nSPS) is 12.4. The summed E-state index contributed by atoms with van der Waals surface area (Å²) in [5.74, 6) is 0.489. The van der Waals surface area contributed by atoms with Gasteiger partial charge in [0.1, 0.15) is 0 Å². The molecule has 0 amide bonds. The quantitative estimate of drug-likeness (QED) is 0.653. The first-order valence-corrected chi connectivity index (χ1v) is 4.42. The monoisotopic (exact) mass is 169 g/mol. The van der Waals surface area contributed by atoms with E-state index in [4.69, 9.17) is 0 Å². The number of ketones is 1. The van der Waals surface area contributed by atoms with Crippen molar-refractivity contribution in [3.63, 3.8) is 0 Å². The van der Waals surface area contributed by atoms with Crippen LogP contribution < -0.4 is 5.32 Å². The molecular weight excluding hydrogens is 150 g/mol. The maximum absolute atomic E-state index is 10.8. The SMILES string of the molecule is CC(=O)C=C(NC(C)C)C(C)C. The number of hydrogen-bond donors (Lipinski definition) is 1. The fourth-order valence-electron chi connectivity index (χ4n) is 0.927. The first-order chi connectivity index (χ1) is 5.43. The molecule has 0 atom stereocenters. The van der Waals surface area contributed by atoms with Gasteiger partial charge in [-0.3, -0.25) is 4.79 Å². The lowest BCUT2D eigenvalue weighted by Gasteiger charge is -2.16. The van der Waals surface area contributed by atoms with Gasteiger partial charge in [-0.25, -0.2) is 0 Å². The zero-order valence-electron chi connectivity index (χ0n) is 8.64. The van der Waals surface area contributed by atoms with Crippen molar-refractivity contribution >= 4 is 5.78 Å². The van der Waals surface area contributed by atoms with E-state index >= 15 is 0 Å². The number of carbonyl (C=O) groups excluding carboxylic acids is 1. The number of hydrogen-bond acceptors (Lipinski definition) is 2. The summed E-state index contributed by atoms with van der Waals surface area (Å²) >= 11 is 0. The molecule has 70 valence electrons. The molecule has 0 radical (unpaired) electrons. The van der Waals surface area contributed by atoms with Crippen molar-refractivity contribution in [3.05, 3.63) is 11.8 Å². The molecule has 12 heavy (non-hydrogen) atoms. The zero-order chi connectivity index (χ0) is 9.72. The molecule has 0 aromatic rings. The molecule has 0 heterocycles. The van der Waals surface area contributed by atoms with Crippen molar-refractivity contribution in [2.75, 3.05) is 0 Å². The largest absolute Gasteiger partial charge is 0.386 e. The molecule has 1 N–H and O–H groups in total. The molecule has 2 nitrogen and oxygen atoms in total. The Morgan fingerprint density at radius 1 is 1.25 bits per heavy atom. The third kappa shape index (κ3) is 4.94. The van der Waals surface area contributed by atoms with Crippen molar-refractivity contribution in [1.82, 2.24) is 5.32 Å². The van der Waals surface area contributed by atoms with E-state index in [9.17, 15) is 4.79 Å². The zero-order valence-corrected chi connectivity index (χ0v) is 8.64. The molecule has 0 fully saturated rings. The van der Waals surface area contributed by atoms with Gasteiger partial charge in [-0.15, -0.1) is 0 Å². The van der Waals surface area contributed by atoms with Crippen LogP contribution in [0, 0.1) is 5.92 Å². The smallest absolute Gasteiger partial charge is 0.154 e. The lowest BCUT2D eigenvalue weighted by Crippen LogP contribution is -2.25. The van der Waals surface area contributed by atoms with Crippen LogP contribution in [-0.2, 0) is 4.79 Å². The number of nitrogens with one attached hydrogen (secondary N) is 1. The van der Waals surface area contributed by atoms with E-state index in [1.54, 1.807) is 13.0 Å². The Labute approximate surface area is 75.0 Å². The van der Waals surface area contributed by atoms with Crippen LogP contribution in [0.3, 0.4) is 0 Å². The number of carbonyl (C=O) groups is 1. The van der Waals surface area contributed by atoms with E-state index < -0.39 is 0 Å². The van der Waals surface area contributed by atoms with E-state index in [2.05, 4.69) is 33.0 Å². The lowest BCUT2D eigenvalue weighted by atomic mass is 10.1. The fraction of sp³-hybridized carbons (Fsp3) is 0.700. The highest BCUT2D eigenvalue weighted by molar-refractivity contribution is 5.87. The molecule has 0 aliphatic heterocycles. The van der Waals surface area contributed by atoms with Gasteiger partial charge in [-0.1, -0.05) is 13.8 Å². The standard InChI is InChI=1S/C10H19NO/c1-7(2)10(6-9(5)12)11-8(3)4/h6-8,11H,1-5H3. The second kappa shape index (κ2) is 4.96. The molecule has 0 spiro atoms. The first kappa shape index (κ1) is 11.2. The molecule has 0 bridgehead atoms. The van der Waals surface area contributed by atoms with Gasteiger partial charge < -0.3 is 5.32 Å². The summed E-state index contributed by atoms with van der Waals surface area (Å²) in [4.78, 5) is 10.8. The highest BCUT2D eigenvalue weighted by atomic mass is 16.1. The highest BCUT2D eigenvalue weighted by Gasteiger charge is 2.04. The predicted molar refractivity (Wildman–Crippen MR) is 51.9 cm³/mol. The Morgan fingerprint density at radius 2 is 1.75 bits per heavy atom. The first-order valence-electron chi connectivity index (χ1n) is 4.42. The van der Waals surface area contributed by atoms with Crippen LogP contribution in [-0.4, -0.2) is 11.8 Å². The Kier molecular flexibility index (Phi) is 4.64. The summed E-state index contributed by atoms with van der Waals surface area (Å²) in [6.45, 7) is 9.85. The van der Waals surface area contributed by atoms with Crippen LogP contribution >= 0.6 is 0 Å². The van der Waals surface area contributed by atoms with Crippen molar-refractivity contribution < 1.29 is 4.79 Å². The molecule has 0 aromatic heterocycles. The van der Waals surface area contributed by atoms with Crippen LogP contribution in [0.5, 0.6) is 0 Å². The summed E-state index contributed by atoms with van der Waals surface area (Å²) in [6.07, 6.45) is 1.67. The molecular formula is C10H19NO. The van der Waals surface area contributed by atoms with E-state index in [1.165, 1.54) is 0 Å². The van der Waals surface area contributed by atoms with Gasteiger partial charge in [0.25, 0.3) is 0 Å². The minimum absolute atomic E-state index is 0.104. The maximum Gasteiger partial charge on any atom is 0.154 e. The second-order valence-electron chi connectivity index (χ2n) is 3.66. The van der Waals surface area contributed by atoms with Crippen molar-refractivity contribution in [1.29, 1.82) is 0 Å². The van der Waals surface area contributed by atoms with Gasteiger partial charge in [0, 0.05) is 11.7 Å². The van der Waals surface area contributed by atoms with Gasteiger partial charge in [-0.05, 0) is 32.8 Å². The summed E-state index contributed by atoms with van der Waals surface area (Å²) in [5, 5.41) is 3.25. The van der Waals surface area contributed by atoms with Crippen LogP contribution in [0.4, 0.5) is 0 Å². The van der Waals surface area contributed by atoms with Crippen LogP contribution in [0.25, 0.3) is 0 Å². The van der Waals surface area contributed by atoms with Crippen molar-refractivity contribution in [3.8, 4) is 0 Å². The average Bonchev–Trinajstić information content (AvgIpc) is 1.83. The van der Waals surface area contributed by atoms with E-state index in [0.29, 0.717) is 12.0 Å². The van der Waals surface area contributed by atoms with Crippen LogP contribution in [0.2, 0.25) is 0 Å². The van der Waals surface area contributed by atoms with E-state index in [-0.39, 0.29) is 5.78 Å². The Hall–Kier alpha value is -0.790. The average molecular weight is 169 g/mol. The minimum Gasteiger partial charge on any atom is -0.386 e. The molecule has 0 rings (SSSR count). The molecule has 0 aromatic carbocycles. The van der Waals surface area contributed by atoms with Gasteiger partial charge in [0.05, 0.1) is 0 Å². The fourth-order valence-corrected chi connectivity index (χ4v) is 0.927. The van der Waals surface area contributed by atoms with Crippen molar-refractivity contribution in [2.24, 2.45) is 5.92 Å². The van der Waals surface area contributed by atoms with Gasteiger partial charge >= 0.3 is 0 Å². The maximum atomic E-state index is 10.8. The summed E-state index contributed by atoms with van der Waals surface area (Å²) in [7, 11) is 0. The number of rotatable bonds is 4. The van der Waals surface area contributed by atoms with Crippen LogP contribution in [0.15, 0.2) is 11.8 Å². The number of allylic oxidation sites excluding steroid dienone is 2. The minimum atomic E-state index is 0.104. The van der Waals surface area contributed by atoms with Crippen molar-refractivity contribution in [2.45, 2.75) is 40.7 Å². The third-order valence-electron chi connectivity index (χ3n) is 1.44. The van der Waals surface area contributed by atoms with Gasteiger partial charge in [0.15, 0.2) is 5.78 Å². The topological polar surface area (TPSA) is 29.1 Å². The van der Waals surface area contributed by atoms with Crippen LogP contribution in [0.1, 0.15) is 34.6 Å². The van der Waals surface area contributed by atoms with E-state index in [0.717, 1.165) is 5.70 Å². The molecule has 0 unspecified atom stereocenters. The Morgan fingerprint density at radius 3 is 2.00 bits per heavy atom. The summed E-state index contributed by atoms with van der Waals surface area (Å²) in [6, 6.07) is 0.387. The summed E-state index contributed by atoms with van der Waals surface area (Å²) < 4.78 is 0. The second-order valence-corrected chi connectivity index (χ2v) is 3.66. The Balaban J connectivity index is 4.33. The van der Waals surface area contributed by atoms with Gasteiger partial charge in [0.2, 0.25) is 0 Å². The van der Waals surface area contributed by atoms with E-state index in [1.807, 2.05) is 0 Å². The molecule has 2 heteroatoms. The molecule has 0 aliphatic carbocycles. The molecule has 0 aliphatic rings. The molecule has 0 saturated heterocycles.